The predicted octanol–water partition coefficient (Wildman–Crippen LogP) is 2.03. The first-order chi connectivity index (χ1) is 2.96. The maximum atomic E-state index is 2.53. The number of hydrogen-bond donors (Lipinski definition) is 0. The van der Waals surface area contributed by atoms with Crippen molar-refractivity contribution in [1.82, 2.24) is 0 Å². The third-order valence-corrected chi connectivity index (χ3v) is 23.3. The van der Waals surface area contributed by atoms with Gasteiger partial charge < -0.3 is 0 Å². The van der Waals surface area contributed by atoms with Crippen LogP contribution in [0.3, 0.4) is 0 Å². The Labute approximate surface area is 47.7 Å². The fraction of sp³-hybridized carbons (Fsp3) is 1.00. The van der Waals surface area contributed by atoms with Crippen LogP contribution in [0.15, 0.2) is 0 Å². The monoisotopic (exact) mass is 130 g/mol. The second-order valence-corrected chi connectivity index (χ2v) is 21.0. The fourth-order valence-corrected chi connectivity index (χ4v) is 15.9. The van der Waals surface area contributed by atoms with Crippen LogP contribution in [-0.4, -0.2) is 15.2 Å². The Kier molecular flexibility index (Phi) is 0.837. The van der Waals surface area contributed by atoms with Gasteiger partial charge in [-0.1, -0.05) is 31.9 Å². The van der Waals surface area contributed by atoms with Gasteiger partial charge in [0.05, 0.1) is 0 Å². The molecule has 1 aliphatic rings. The molecule has 0 nitrogen and oxygen atoms in total. The molecule has 7 heavy (non-hydrogen) atoms. The van der Waals surface area contributed by atoms with Gasteiger partial charge in [-0.25, -0.2) is 0 Å². The van der Waals surface area contributed by atoms with Gasteiger partial charge in [0, 0.05) is 15.2 Å². The molecule has 1 rings (SSSR count). The Hall–Kier alpha value is 0.434. The van der Waals surface area contributed by atoms with Gasteiger partial charge in [-0.05, 0) is 0 Å². The summed E-state index contributed by atoms with van der Waals surface area (Å²) in [6.45, 7) is 10.1. The average molecular weight is 130 g/mol. The van der Waals surface area contributed by atoms with E-state index < -0.39 is 15.2 Å². The predicted molar refractivity (Wildman–Crippen MR) is 39.8 cm³/mol. The van der Waals surface area contributed by atoms with Crippen molar-refractivity contribution in [3.63, 3.8) is 0 Å². The lowest BCUT2D eigenvalue weighted by Gasteiger charge is -2.00. The normalized spacial score (nSPS) is 32.6. The van der Waals surface area contributed by atoms with Crippen molar-refractivity contribution >= 4 is 15.2 Å². The quantitative estimate of drug-likeness (QED) is 0.440. The van der Waals surface area contributed by atoms with E-state index in [0.717, 1.165) is 0 Å². The van der Waals surface area contributed by atoms with Crippen LogP contribution < -0.4 is 0 Å². The Morgan fingerprint density at radius 3 is 1.00 bits per heavy atom. The smallest absolute Gasteiger partial charge is 0.0382 e. The molecule has 0 saturated carbocycles. The maximum absolute atomic E-state index is 2.53. The molecule has 0 aromatic rings. The van der Waals surface area contributed by atoms with Crippen LogP contribution in [0.5, 0.6) is 0 Å². The van der Waals surface area contributed by atoms with E-state index in [0.29, 0.717) is 0 Å². The SMILES string of the molecule is C[Si]1(C)C[Si]1(C)C. The molecular formula is C5H14Si2. The highest BCUT2D eigenvalue weighted by Crippen LogP contribution is 2.43. The van der Waals surface area contributed by atoms with Crippen molar-refractivity contribution in [2.24, 2.45) is 0 Å². The summed E-state index contributed by atoms with van der Waals surface area (Å²) in [7, 11) is -0.900. The largest absolute Gasteiger partial charge is 0.0715 e. The van der Waals surface area contributed by atoms with E-state index in [1.54, 1.807) is 5.67 Å². The highest BCUT2D eigenvalue weighted by molar-refractivity contribution is 7.57. The Bertz CT molecular complexity index is 82.3. The van der Waals surface area contributed by atoms with Gasteiger partial charge >= 0.3 is 0 Å². The van der Waals surface area contributed by atoms with Gasteiger partial charge in [-0.3, -0.25) is 0 Å². The van der Waals surface area contributed by atoms with Crippen LogP contribution in [-0.2, 0) is 0 Å². The molecule has 0 aromatic carbocycles. The molecule has 1 aliphatic heterocycles. The average Bonchev–Trinajstić information content (AvgIpc) is 1.63. The molecule has 0 radical (unpaired) electrons. The summed E-state index contributed by atoms with van der Waals surface area (Å²) in [5.41, 5.74) is 1.68. The lowest BCUT2D eigenvalue weighted by Crippen LogP contribution is -2.21. The summed E-state index contributed by atoms with van der Waals surface area (Å²) in [5, 5.41) is 0. The summed E-state index contributed by atoms with van der Waals surface area (Å²) in [6, 6.07) is 0. The minimum atomic E-state index is -0.450. The molecule has 0 N–H and O–H groups in total. The minimum absolute atomic E-state index is 0.450. The van der Waals surface area contributed by atoms with E-state index in [1.165, 1.54) is 0 Å². The van der Waals surface area contributed by atoms with Crippen molar-refractivity contribution in [3.8, 4) is 0 Å². The standard InChI is InChI=1S/C5H14Si2/c1-6(2)5-7(6,3)4/h5H2,1-4H3. The molecule has 1 heterocycles. The van der Waals surface area contributed by atoms with Crippen molar-refractivity contribution in [2.75, 3.05) is 0 Å². The van der Waals surface area contributed by atoms with Crippen LogP contribution in [0.1, 0.15) is 0 Å². The first-order valence-electron chi connectivity index (χ1n) is 2.96. The number of hydrogen-bond acceptors (Lipinski definition) is 0. The highest BCUT2D eigenvalue weighted by atomic mass is 29.3. The van der Waals surface area contributed by atoms with E-state index in [1.807, 2.05) is 0 Å². The molecule has 1 saturated heterocycles. The van der Waals surface area contributed by atoms with E-state index >= 15 is 0 Å². The zero-order valence-corrected chi connectivity index (χ0v) is 7.71. The van der Waals surface area contributed by atoms with Gasteiger partial charge in [-0.2, -0.15) is 0 Å². The van der Waals surface area contributed by atoms with Gasteiger partial charge in [0.1, 0.15) is 0 Å². The third kappa shape index (κ3) is 0.701. The molecule has 0 spiro atoms. The number of rotatable bonds is 0. The van der Waals surface area contributed by atoms with Crippen LogP contribution in [0.4, 0.5) is 0 Å². The van der Waals surface area contributed by atoms with Crippen molar-refractivity contribution in [1.29, 1.82) is 0 Å². The highest BCUT2D eigenvalue weighted by Gasteiger charge is 2.56. The lowest BCUT2D eigenvalue weighted by atomic mass is 11.8. The summed E-state index contributed by atoms with van der Waals surface area (Å²) in [6.07, 6.45) is 0. The minimum Gasteiger partial charge on any atom is -0.0715 e. The molecule has 1 fully saturated rings. The molecule has 0 aliphatic carbocycles. The van der Waals surface area contributed by atoms with E-state index in [-0.39, 0.29) is 0 Å². The maximum Gasteiger partial charge on any atom is 0.0382 e. The van der Waals surface area contributed by atoms with E-state index in [4.69, 9.17) is 0 Å². The molecule has 0 aromatic heterocycles. The molecule has 0 amide bonds. The Balaban J connectivity index is 2.59. The topological polar surface area (TPSA) is 0 Å². The fourth-order valence-electron chi connectivity index (χ4n) is 1.06. The zero-order chi connectivity index (χ0) is 5.71. The van der Waals surface area contributed by atoms with Crippen molar-refractivity contribution < 1.29 is 0 Å². The van der Waals surface area contributed by atoms with Crippen LogP contribution in [0, 0.1) is 0 Å². The van der Waals surface area contributed by atoms with Crippen LogP contribution >= 0.6 is 0 Å². The zero-order valence-electron chi connectivity index (χ0n) is 5.71. The van der Waals surface area contributed by atoms with Crippen molar-refractivity contribution in [2.45, 2.75) is 31.9 Å². The molecular weight excluding hydrogens is 116 g/mol. The van der Waals surface area contributed by atoms with E-state index in [2.05, 4.69) is 26.2 Å². The first kappa shape index (κ1) is 5.57. The van der Waals surface area contributed by atoms with Crippen LogP contribution in [0.25, 0.3) is 0 Å². The summed E-state index contributed by atoms with van der Waals surface area (Å²) < 4.78 is 0. The van der Waals surface area contributed by atoms with Crippen molar-refractivity contribution in [3.05, 3.63) is 0 Å². The van der Waals surface area contributed by atoms with Crippen LogP contribution in [0.2, 0.25) is 31.9 Å². The molecule has 42 valence electrons. The summed E-state index contributed by atoms with van der Waals surface area (Å²) in [4.78, 5) is 0. The molecule has 0 unspecified atom stereocenters. The molecule has 0 bridgehead atoms. The first-order valence-corrected chi connectivity index (χ1v) is 10.4. The lowest BCUT2D eigenvalue weighted by molar-refractivity contribution is 1.88. The van der Waals surface area contributed by atoms with Gasteiger partial charge in [0.15, 0.2) is 0 Å². The third-order valence-electron chi connectivity index (χ3n) is 2.59. The summed E-state index contributed by atoms with van der Waals surface area (Å²) >= 11 is 0. The summed E-state index contributed by atoms with van der Waals surface area (Å²) in [5.74, 6) is 0. The second kappa shape index (κ2) is 1.05. The van der Waals surface area contributed by atoms with Gasteiger partial charge in [-0.15, -0.1) is 0 Å². The Morgan fingerprint density at radius 1 is 0.857 bits per heavy atom. The van der Waals surface area contributed by atoms with Gasteiger partial charge in [0.2, 0.25) is 0 Å². The van der Waals surface area contributed by atoms with E-state index in [9.17, 15) is 0 Å². The van der Waals surface area contributed by atoms with Gasteiger partial charge in [0.25, 0.3) is 0 Å². The Morgan fingerprint density at radius 2 is 1.00 bits per heavy atom. The molecule has 0 atom stereocenters. The molecule has 2 heteroatoms. The second-order valence-electron chi connectivity index (χ2n) is 3.94.